The highest BCUT2D eigenvalue weighted by atomic mass is 35.5. The van der Waals surface area contributed by atoms with E-state index < -0.39 is 5.97 Å². The molecule has 1 N–H and O–H groups in total. The van der Waals surface area contributed by atoms with Gasteiger partial charge in [-0.05, 0) is 17.3 Å². The van der Waals surface area contributed by atoms with E-state index in [0.717, 1.165) is 10.1 Å². The van der Waals surface area contributed by atoms with Gasteiger partial charge in [-0.3, -0.25) is 4.79 Å². The number of thioether (sulfide) groups is 1. The van der Waals surface area contributed by atoms with Crippen LogP contribution in [-0.2, 0) is 4.79 Å². The molecule has 0 aromatic rings. The molecule has 2 nitrogen and oxygen atoms in total. The molecule has 2 atom stereocenters. The summed E-state index contributed by atoms with van der Waals surface area (Å²) < 4.78 is 0.732. The minimum absolute atomic E-state index is 0.0807. The maximum Gasteiger partial charge on any atom is 0.307 e. The number of hydrogen-bond acceptors (Lipinski definition) is 2. The van der Waals surface area contributed by atoms with Gasteiger partial charge in [-0.25, -0.2) is 0 Å². The van der Waals surface area contributed by atoms with Gasteiger partial charge in [-0.15, -0.1) is 11.8 Å². The highest BCUT2D eigenvalue weighted by molar-refractivity contribution is 8.04. The molecule has 0 unspecified atom stereocenters. The number of carboxylic acids is 1. The summed E-state index contributed by atoms with van der Waals surface area (Å²) in [5.74, 6) is 0.650. The van der Waals surface area contributed by atoms with Crippen molar-refractivity contribution in [2.24, 2.45) is 23.2 Å². The molecule has 0 aromatic heterocycles. The van der Waals surface area contributed by atoms with Gasteiger partial charge in [0.1, 0.15) is 0 Å². The summed E-state index contributed by atoms with van der Waals surface area (Å²) >= 11 is 7.69. The van der Waals surface area contributed by atoms with Gasteiger partial charge in [0.2, 0.25) is 0 Å². The van der Waals surface area contributed by atoms with Crippen LogP contribution in [0.25, 0.3) is 0 Å². The Kier molecular flexibility index (Phi) is 4.35. The third-order valence-electron chi connectivity index (χ3n) is 3.04. The van der Waals surface area contributed by atoms with Crippen molar-refractivity contribution in [1.29, 1.82) is 0 Å². The molecule has 0 spiro atoms. The predicted octanol–water partition coefficient (Wildman–Crippen LogP) is 3.81. The fourth-order valence-corrected chi connectivity index (χ4v) is 2.96. The van der Waals surface area contributed by atoms with Crippen LogP contribution in [0.5, 0.6) is 0 Å². The molecular formula is C12H19ClO2S. The number of rotatable bonds is 5. The predicted molar refractivity (Wildman–Crippen MR) is 69.6 cm³/mol. The first-order valence-electron chi connectivity index (χ1n) is 5.49. The topological polar surface area (TPSA) is 37.3 Å². The SMILES string of the molecule is CC(C)CS/C(Cl)=C\[C@@H]1[C@@H](C(=O)O)C1(C)C. The summed E-state index contributed by atoms with van der Waals surface area (Å²) in [6.07, 6.45) is 1.91. The first kappa shape index (κ1) is 13.9. The third-order valence-corrected chi connectivity index (χ3v) is 4.74. The normalized spacial score (nSPS) is 28.2. The summed E-state index contributed by atoms with van der Waals surface area (Å²) in [5.41, 5.74) is -0.148. The van der Waals surface area contributed by atoms with Crippen LogP contribution < -0.4 is 0 Å². The number of hydrogen-bond donors (Lipinski definition) is 1. The largest absolute Gasteiger partial charge is 0.481 e. The molecule has 0 heterocycles. The first-order valence-corrected chi connectivity index (χ1v) is 6.86. The number of allylic oxidation sites excluding steroid dienone is 1. The van der Waals surface area contributed by atoms with E-state index in [9.17, 15) is 4.79 Å². The lowest BCUT2D eigenvalue weighted by atomic mass is 10.1. The summed E-state index contributed by atoms with van der Waals surface area (Å²) in [4.78, 5) is 11.0. The van der Waals surface area contributed by atoms with Crippen molar-refractivity contribution in [3.05, 3.63) is 10.4 Å². The molecule has 1 rings (SSSR count). The summed E-state index contributed by atoms with van der Waals surface area (Å²) in [7, 11) is 0. The fourth-order valence-electron chi connectivity index (χ4n) is 1.90. The van der Waals surface area contributed by atoms with Gasteiger partial charge in [0, 0.05) is 5.75 Å². The van der Waals surface area contributed by atoms with Gasteiger partial charge in [0.05, 0.1) is 10.3 Å². The van der Waals surface area contributed by atoms with Crippen molar-refractivity contribution in [2.75, 3.05) is 5.75 Å². The maximum absolute atomic E-state index is 11.0. The third kappa shape index (κ3) is 3.17. The zero-order valence-electron chi connectivity index (χ0n) is 10.2. The standard InChI is InChI=1S/C12H19ClO2S/c1-7(2)6-16-9(13)5-8-10(11(14)15)12(8,3)4/h5,7-8,10H,6H2,1-4H3,(H,14,15)/b9-5-/t8-,10+/m1/s1. The monoisotopic (exact) mass is 262 g/mol. The lowest BCUT2D eigenvalue weighted by molar-refractivity contribution is -0.139. The highest BCUT2D eigenvalue weighted by Gasteiger charge is 2.61. The molecule has 4 heteroatoms. The van der Waals surface area contributed by atoms with Gasteiger partial charge in [-0.2, -0.15) is 0 Å². The van der Waals surface area contributed by atoms with Crippen LogP contribution in [0.3, 0.4) is 0 Å². The van der Waals surface area contributed by atoms with Crippen LogP contribution in [0.15, 0.2) is 10.4 Å². The van der Waals surface area contributed by atoms with Crippen molar-refractivity contribution < 1.29 is 9.90 Å². The van der Waals surface area contributed by atoms with Crippen LogP contribution in [0.4, 0.5) is 0 Å². The maximum atomic E-state index is 11.0. The molecule has 1 aliphatic carbocycles. The molecule has 0 bridgehead atoms. The van der Waals surface area contributed by atoms with E-state index in [4.69, 9.17) is 16.7 Å². The van der Waals surface area contributed by atoms with Crippen LogP contribution in [-0.4, -0.2) is 16.8 Å². The number of carboxylic acid groups (broad SMARTS) is 1. The number of halogens is 1. The molecule has 92 valence electrons. The van der Waals surface area contributed by atoms with E-state index in [1.54, 1.807) is 11.8 Å². The van der Waals surface area contributed by atoms with E-state index in [1.807, 2.05) is 19.9 Å². The Labute approximate surface area is 106 Å². The van der Waals surface area contributed by atoms with Crippen molar-refractivity contribution in [2.45, 2.75) is 27.7 Å². The van der Waals surface area contributed by atoms with E-state index in [2.05, 4.69) is 13.8 Å². The zero-order valence-corrected chi connectivity index (χ0v) is 11.7. The fraction of sp³-hybridized carbons (Fsp3) is 0.750. The average Bonchev–Trinajstić information content (AvgIpc) is 2.64. The lowest BCUT2D eigenvalue weighted by Gasteiger charge is -2.03. The van der Waals surface area contributed by atoms with Gasteiger partial charge in [-0.1, -0.05) is 45.4 Å². The minimum Gasteiger partial charge on any atom is -0.481 e. The Bertz CT molecular complexity index is 310. The van der Waals surface area contributed by atoms with Gasteiger partial charge in [0.15, 0.2) is 0 Å². The van der Waals surface area contributed by atoms with Crippen molar-refractivity contribution in [1.82, 2.24) is 0 Å². The van der Waals surface area contributed by atoms with Crippen molar-refractivity contribution in [3.63, 3.8) is 0 Å². The van der Waals surface area contributed by atoms with E-state index in [-0.39, 0.29) is 17.3 Å². The van der Waals surface area contributed by atoms with E-state index in [1.165, 1.54) is 0 Å². The second-order valence-corrected chi connectivity index (χ2v) is 7.03. The number of carbonyl (C=O) groups is 1. The molecule has 16 heavy (non-hydrogen) atoms. The van der Waals surface area contributed by atoms with E-state index in [0.29, 0.717) is 5.92 Å². The Hall–Kier alpha value is -0.150. The first-order chi connectivity index (χ1) is 7.26. The van der Waals surface area contributed by atoms with Crippen molar-refractivity contribution in [3.8, 4) is 0 Å². The smallest absolute Gasteiger partial charge is 0.307 e. The van der Waals surface area contributed by atoms with Gasteiger partial charge in [0.25, 0.3) is 0 Å². The average molecular weight is 263 g/mol. The molecule has 1 saturated carbocycles. The Morgan fingerprint density at radius 2 is 2.12 bits per heavy atom. The van der Waals surface area contributed by atoms with Crippen LogP contribution in [0, 0.1) is 23.2 Å². The molecular weight excluding hydrogens is 244 g/mol. The Morgan fingerprint density at radius 1 is 1.56 bits per heavy atom. The molecule has 1 aliphatic rings. The van der Waals surface area contributed by atoms with Crippen molar-refractivity contribution >= 4 is 29.3 Å². The van der Waals surface area contributed by atoms with E-state index >= 15 is 0 Å². The Morgan fingerprint density at radius 3 is 2.50 bits per heavy atom. The summed E-state index contributed by atoms with van der Waals surface area (Å²) in [5, 5.41) is 9.01. The Balaban J connectivity index is 2.55. The van der Waals surface area contributed by atoms with Crippen LogP contribution in [0.2, 0.25) is 0 Å². The van der Waals surface area contributed by atoms with Crippen LogP contribution in [0.1, 0.15) is 27.7 Å². The van der Waals surface area contributed by atoms with Gasteiger partial charge < -0.3 is 5.11 Å². The molecule has 0 saturated heterocycles. The summed E-state index contributed by atoms with van der Waals surface area (Å²) in [6.45, 7) is 8.23. The van der Waals surface area contributed by atoms with Gasteiger partial charge >= 0.3 is 5.97 Å². The molecule has 1 fully saturated rings. The minimum atomic E-state index is -0.718. The lowest BCUT2D eigenvalue weighted by Crippen LogP contribution is -2.03. The zero-order chi connectivity index (χ0) is 12.5. The molecule has 0 amide bonds. The molecule has 0 aromatic carbocycles. The quantitative estimate of drug-likeness (QED) is 0.819. The highest BCUT2D eigenvalue weighted by Crippen LogP contribution is 2.59. The summed E-state index contributed by atoms with van der Waals surface area (Å²) in [6, 6.07) is 0. The second kappa shape index (κ2) is 5.01. The van der Waals surface area contributed by atoms with Crippen LogP contribution >= 0.6 is 23.4 Å². The molecule has 0 aliphatic heterocycles. The second-order valence-electron chi connectivity index (χ2n) is 5.34. The number of aliphatic carboxylic acids is 1. The molecule has 0 radical (unpaired) electrons.